The van der Waals surface area contributed by atoms with Crippen molar-refractivity contribution >= 4 is 35.1 Å². The molecule has 120 valence electrons. The normalized spacial score (nSPS) is 12.9. The van der Waals surface area contributed by atoms with Crippen LogP contribution < -0.4 is 5.32 Å². The number of carbonyl (C=O) groups excluding carboxylic acids is 1. The van der Waals surface area contributed by atoms with Crippen LogP contribution in [0, 0.1) is 0 Å². The molecule has 4 rings (SSSR count). The lowest BCUT2D eigenvalue weighted by Gasteiger charge is -2.11. The van der Waals surface area contributed by atoms with Crippen molar-refractivity contribution in [3.63, 3.8) is 0 Å². The Morgan fingerprint density at radius 2 is 1.83 bits per heavy atom. The summed E-state index contributed by atoms with van der Waals surface area (Å²) < 4.78 is 1.82. The Bertz CT molecular complexity index is 891. The molecule has 6 heteroatoms. The fraction of sp³-hybridized carbons (Fsp3) is 0.111. The minimum atomic E-state index is -0.163. The number of hydrogen-bond acceptors (Lipinski definition) is 3. The molecular formula is C18H14ClN3OS. The Hall–Kier alpha value is -2.24. The van der Waals surface area contributed by atoms with Crippen LogP contribution in [0.25, 0.3) is 5.69 Å². The molecule has 1 aliphatic rings. The zero-order valence-electron chi connectivity index (χ0n) is 12.7. The Morgan fingerprint density at radius 1 is 1.08 bits per heavy atom. The Balaban J connectivity index is 1.72. The predicted octanol–water partition coefficient (Wildman–Crippen LogP) is 4.52. The lowest BCUT2D eigenvalue weighted by atomic mass is 10.2. The third-order valence-corrected chi connectivity index (χ3v) is 5.11. The number of nitrogens with one attached hydrogen (secondary N) is 1. The van der Waals surface area contributed by atoms with E-state index >= 15 is 0 Å². The van der Waals surface area contributed by atoms with Gasteiger partial charge in [-0.15, -0.1) is 0 Å². The second kappa shape index (κ2) is 6.34. The van der Waals surface area contributed by atoms with E-state index in [-0.39, 0.29) is 5.91 Å². The van der Waals surface area contributed by atoms with E-state index in [4.69, 9.17) is 11.6 Å². The Labute approximate surface area is 148 Å². The van der Waals surface area contributed by atoms with Gasteiger partial charge in [0.1, 0.15) is 5.82 Å². The summed E-state index contributed by atoms with van der Waals surface area (Å²) in [6, 6.07) is 16.7. The highest BCUT2D eigenvalue weighted by Crippen LogP contribution is 2.36. The van der Waals surface area contributed by atoms with Gasteiger partial charge in [0.25, 0.3) is 5.91 Å². The molecule has 0 fully saturated rings. The molecule has 0 saturated carbocycles. The van der Waals surface area contributed by atoms with Crippen molar-refractivity contribution in [1.82, 2.24) is 9.78 Å². The van der Waals surface area contributed by atoms with E-state index in [1.54, 1.807) is 24.3 Å². The molecule has 1 aliphatic heterocycles. The van der Waals surface area contributed by atoms with Crippen molar-refractivity contribution in [2.24, 2.45) is 0 Å². The van der Waals surface area contributed by atoms with Crippen molar-refractivity contribution in [2.45, 2.75) is 11.5 Å². The molecule has 2 heterocycles. The average molecular weight is 356 g/mol. The second-order valence-electron chi connectivity index (χ2n) is 5.48. The first kappa shape index (κ1) is 15.3. The summed E-state index contributed by atoms with van der Waals surface area (Å²) in [5, 5.41) is 8.32. The van der Waals surface area contributed by atoms with E-state index in [1.165, 1.54) is 0 Å². The average Bonchev–Trinajstić information content (AvgIpc) is 3.19. The maximum Gasteiger partial charge on any atom is 0.256 e. The van der Waals surface area contributed by atoms with Gasteiger partial charge in [-0.1, -0.05) is 29.8 Å². The number of carbonyl (C=O) groups is 1. The quantitative estimate of drug-likeness (QED) is 0.751. The lowest BCUT2D eigenvalue weighted by Crippen LogP contribution is -2.16. The fourth-order valence-electron chi connectivity index (χ4n) is 2.68. The van der Waals surface area contributed by atoms with E-state index in [0.29, 0.717) is 10.6 Å². The highest BCUT2D eigenvalue weighted by atomic mass is 35.5. The molecule has 0 aliphatic carbocycles. The van der Waals surface area contributed by atoms with E-state index in [2.05, 4.69) is 10.4 Å². The number of fused-ring (bicyclic) bond motifs is 1. The fourth-order valence-corrected chi connectivity index (χ4v) is 3.84. The minimum Gasteiger partial charge on any atom is -0.306 e. The predicted molar refractivity (Wildman–Crippen MR) is 98.0 cm³/mol. The molecule has 0 atom stereocenters. The first-order valence-corrected chi connectivity index (χ1v) is 9.06. The first-order chi connectivity index (χ1) is 11.7. The van der Waals surface area contributed by atoms with E-state index in [1.807, 2.05) is 46.8 Å². The first-order valence-electron chi connectivity index (χ1n) is 7.53. The summed E-state index contributed by atoms with van der Waals surface area (Å²) in [5.41, 5.74) is 3.64. The summed E-state index contributed by atoms with van der Waals surface area (Å²) in [6.45, 7) is 0. The maximum atomic E-state index is 12.6. The second-order valence-corrected chi connectivity index (χ2v) is 6.90. The molecule has 0 unspecified atom stereocenters. The molecular weight excluding hydrogens is 342 g/mol. The summed E-state index contributed by atoms with van der Waals surface area (Å²) in [4.78, 5) is 12.6. The monoisotopic (exact) mass is 355 g/mol. The van der Waals surface area contributed by atoms with Crippen LogP contribution in [0.15, 0.2) is 54.6 Å². The van der Waals surface area contributed by atoms with Crippen LogP contribution >= 0.6 is 23.4 Å². The third kappa shape index (κ3) is 2.81. The topological polar surface area (TPSA) is 46.9 Å². The van der Waals surface area contributed by atoms with Gasteiger partial charge < -0.3 is 5.32 Å². The molecule has 0 spiro atoms. The van der Waals surface area contributed by atoms with Crippen LogP contribution in [0.1, 0.15) is 21.6 Å². The van der Waals surface area contributed by atoms with E-state index in [0.717, 1.165) is 34.3 Å². The Kier molecular flexibility index (Phi) is 4.04. The van der Waals surface area contributed by atoms with Crippen LogP contribution in [-0.2, 0) is 11.5 Å². The number of benzene rings is 2. The summed E-state index contributed by atoms with van der Waals surface area (Å²) in [6.07, 6.45) is 0. The van der Waals surface area contributed by atoms with Gasteiger partial charge in [0, 0.05) is 27.7 Å². The number of rotatable bonds is 3. The number of anilines is 1. The summed E-state index contributed by atoms with van der Waals surface area (Å²) in [5.74, 6) is 2.32. The zero-order chi connectivity index (χ0) is 16.5. The molecule has 2 aromatic carbocycles. The van der Waals surface area contributed by atoms with E-state index < -0.39 is 0 Å². The molecule has 3 aromatic rings. The van der Waals surface area contributed by atoms with Gasteiger partial charge in [-0.25, -0.2) is 4.68 Å². The molecule has 1 aromatic heterocycles. The number of halogens is 1. The molecule has 4 nitrogen and oxygen atoms in total. The lowest BCUT2D eigenvalue weighted by molar-refractivity contribution is 0.102. The molecule has 0 radical (unpaired) electrons. The van der Waals surface area contributed by atoms with Crippen molar-refractivity contribution in [3.05, 3.63) is 76.4 Å². The molecule has 1 N–H and O–H groups in total. The van der Waals surface area contributed by atoms with Gasteiger partial charge >= 0.3 is 0 Å². The highest BCUT2D eigenvalue weighted by molar-refractivity contribution is 7.98. The maximum absolute atomic E-state index is 12.6. The molecule has 0 bridgehead atoms. The van der Waals surface area contributed by atoms with Crippen LogP contribution in [0.4, 0.5) is 5.82 Å². The van der Waals surface area contributed by atoms with Gasteiger partial charge in [0.2, 0.25) is 0 Å². The largest absolute Gasteiger partial charge is 0.306 e. The van der Waals surface area contributed by atoms with Gasteiger partial charge in [0.15, 0.2) is 0 Å². The molecule has 1 amide bonds. The van der Waals surface area contributed by atoms with Crippen molar-refractivity contribution in [1.29, 1.82) is 0 Å². The smallest absolute Gasteiger partial charge is 0.256 e. The molecule has 24 heavy (non-hydrogen) atoms. The number of amides is 1. The zero-order valence-corrected chi connectivity index (χ0v) is 14.3. The Morgan fingerprint density at radius 3 is 2.58 bits per heavy atom. The van der Waals surface area contributed by atoms with Crippen molar-refractivity contribution < 1.29 is 4.79 Å². The van der Waals surface area contributed by atoms with Gasteiger partial charge in [-0.05, 0) is 36.4 Å². The number of para-hydroxylation sites is 1. The van der Waals surface area contributed by atoms with Crippen LogP contribution in [0.3, 0.4) is 0 Å². The standard InChI is InChI=1S/C18H14ClN3OS/c19-13-8-6-12(7-9-13)18(23)20-17-15-10-24-11-16(15)21-22(17)14-4-2-1-3-5-14/h1-9H,10-11H2,(H,20,23). The number of thioether (sulfide) groups is 1. The number of nitrogens with zero attached hydrogens (tertiary/aromatic N) is 2. The van der Waals surface area contributed by atoms with E-state index in [9.17, 15) is 4.79 Å². The van der Waals surface area contributed by atoms with Gasteiger partial charge in [-0.2, -0.15) is 16.9 Å². The number of aromatic nitrogens is 2. The highest BCUT2D eigenvalue weighted by Gasteiger charge is 2.24. The van der Waals surface area contributed by atoms with Gasteiger partial charge in [0.05, 0.1) is 11.4 Å². The third-order valence-electron chi connectivity index (χ3n) is 3.89. The summed E-state index contributed by atoms with van der Waals surface area (Å²) >= 11 is 7.70. The van der Waals surface area contributed by atoms with Crippen LogP contribution in [0.2, 0.25) is 5.02 Å². The number of hydrogen-bond donors (Lipinski definition) is 1. The van der Waals surface area contributed by atoms with Crippen LogP contribution in [-0.4, -0.2) is 15.7 Å². The minimum absolute atomic E-state index is 0.163. The molecule has 0 saturated heterocycles. The SMILES string of the molecule is O=C(Nc1c2c(nn1-c1ccccc1)CSC2)c1ccc(Cl)cc1. The van der Waals surface area contributed by atoms with Gasteiger partial charge in [-0.3, -0.25) is 4.79 Å². The van der Waals surface area contributed by atoms with Crippen LogP contribution in [0.5, 0.6) is 0 Å². The van der Waals surface area contributed by atoms with Crippen molar-refractivity contribution in [2.75, 3.05) is 5.32 Å². The summed E-state index contributed by atoms with van der Waals surface area (Å²) in [7, 11) is 0. The van der Waals surface area contributed by atoms with Crippen molar-refractivity contribution in [3.8, 4) is 5.69 Å².